The standard InChI is InChI=1S/C17H32F3N5/c1-16(2,25-8-5-4-6-9-25)12-22-15(21-3)23-14-7-10-24(11-14)13-17(18,19)20/h14H,4-13H2,1-3H3,(H2,21,22,23). The van der Waals surface area contributed by atoms with Crippen LogP contribution < -0.4 is 10.6 Å². The van der Waals surface area contributed by atoms with Gasteiger partial charge in [0.05, 0.1) is 6.54 Å². The van der Waals surface area contributed by atoms with E-state index in [0.717, 1.165) is 19.6 Å². The second-order valence-electron chi connectivity index (χ2n) is 7.77. The average molecular weight is 363 g/mol. The number of nitrogens with zero attached hydrogens (tertiary/aromatic N) is 3. The number of aliphatic imine (C=N–C) groups is 1. The van der Waals surface area contributed by atoms with E-state index in [1.54, 1.807) is 7.05 Å². The summed E-state index contributed by atoms with van der Waals surface area (Å²) in [6.07, 6.45) is 0.361. The number of halogens is 3. The van der Waals surface area contributed by atoms with Gasteiger partial charge >= 0.3 is 6.18 Å². The molecule has 2 aliphatic rings. The first kappa shape index (κ1) is 20.3. The monoisotopic (exact) mass is 363 g/mol. The summed E-state index contributed by atoms with van der Waals surface area (Å²) in [7, 11) is 1.70. The van der Waals surface area contributed by atoms with Gasteiger partial charge in [0.2, 0.25) is 0 Å². The second-order valence-corrected chi connectivity index (χ2v) is 7.77. The number of hydrogen-bond donors (Lipinski definition) is 2. The van der Waals surface area contributed by atoms with Gasteiger partial charge in [-0.2, -0.15) is 13.2 Å². The molecule has 2 aliphatic heterocycles. The Labute approximate surface area is 149 Å². The van der Waals surface area contributed by atoms with Crippen molar-refractivity contribution in [1.82, 2.24) is 20.4 Å². The van der Waals surface area contributed by atoms with Crippen LogP contribution in [0.2, 0.25) is 0 Å². The Balaban J connectivity index is 1.77. The van der Waals surface area contributed by atoms with E-state index in [2.05, 4.69) is 34.4 Å². The lowest BCUT2D eigenvalue weighted by Gasteiger charge is -2.41. The first-order valence-electron chi connectivity index (χ1n) is 9.21. The molecule has 8 heteroatoms. The van der Waals surface area contributed by atoms with E-state index >= 15 is 0 Å². The van der Waals surface area contributed by atoms with E-state index < -0.39 is 12.7 Å². The number of likely N-dealkylation sites (tertiary alicyclic amines) is 2. The average Bonchev–Trinajstić information content (AvgIpc) is 2.97. The number of piperidine rings is 1. The first-order valence-corrected chi connectivity index (χ1v) is 9.21. The van der Waals surface area contributed by atoms with Crippen molar-refractivity contribution in [3.8, 4) is 0 Å². The van der Waals surface area contributed by atoms with E-state index in [0.29, 0.717) is 25.5 Å². The molecule has 2 fully saturated rings. The summed E-state index contributed by atoms with van der Waals surface area (Å²) >= 11 is 0. The fraction of sp³-hybridized carbons (Fsp3) is 0.941. The van der Waals surface area contributed by atoms with Crippen molar-refractivity contribution in [2.45, 2.75) is 57.3 Å². The summed E-state index contributed by atoms with van der Waals surface area (Å²) in [5.41, 5.74) is 0.0238. The highest BCUT2D eigenvalue weighted by molar-refractivity contribution is 5.80. The van der Waals surface area contributed by atoms with Gasteiger partial charge in [0, 0.05) is 38.3 Å². The Bertz CT molecular complexity index is 444. The van der Waals surface area contributed by atoms with E-state index in [1.165, 1.54) is 24.2 Å². The van der Waals surface area contributed by atoms with Crippen molar-refractivity contribution < 1.29 is 13.2 Å². The van der Waals surface area contributed by atoms with Crippen LogP contribution in [0.4, 0.5) is 13.2 Å². The highest BCUT2D eigenvalue weighted by Gasteiger charge is 2.34. The number of alkyl halides is 3. The van der Waals surface area contributed by atoms with Gasteiger partial charge in [0.25, 0.3) is 0 Å². The zero-order valence-electron chi connectivity index (χ0n) is 15.6. The molecule has 2 rings (SSSR count). The molecule has 146 valence electrons. The molecule has 0 aliphatic carbocycles. The third-order valence-electron chi connectivity index (χ3n) is 5.14. The lowest BCUT2D eigenvalue weighted by Crippen LogP contribution is -2.55. The normalized spacial score (nSPS) is 24.6. The van der Waals surface area contributed by atoms with Crippen LogP contribution >= 0.6 is 0 Å². The van der Waals surface area contributed by atoms with Crippen LogP contribution in [0, 0.1) is 0 Å². The van der Waals surface area contributed by atoms with Crippen LogP contribution in [0.5, 0.6) is 0 Å². The molecule has 2 saturated heterocycles. The minimum Gasteiger partial charge on any atom is -0.355 e. The SMILES string of the molecule is CN=C(NCC(C)(C)N1CCCCC1)NC1CCN(CC(F)(F)F)C1. The molecule has 1 unspecified atom stereocenters. The topological polar surface area (TPSA) is 42.9 Å². The van der Waals surface area contributed by atoms with Crippen LogP contribution in [-0.4, -0.2) is 79.8 Å². The van der Waals surface area contributed by atoms with E-state index in [4.69, 9.17) is 0 Å². The molecule has 0 bridgehead atoms. The van der Waals surface area contributed by atoms with E-state index in [9.17, 15) is 13.2 Å². The lowest BCUT2D eigenvalue weighted by molar-refractivity contribution is -0.143. The van der Waals surface area contributed by atoms with Crippen LogP contribution in [0.15, 0.2) is 4.99 Å². The molecule has 2 heterocycles. The highest BCUT2D eigenvalue weighted by Crippen LogP contribution is 2.21. The van der Waals surface area contributed by atoms with Gasteiger partial charge in [-0.1, -0.05) is 6.42 Å². The zero-order valence-corrected chi connectivity index (χ0v) is 15.6. The van der Waals surface area contributed by atoms with Crippen molar-refractivity contribution in [2.24, 2.45) is 4.99 Å². The van der Waals surface area contributed by atoms with Crippen LogP contribution in [0.25, 0.3) is 0 Å². The second kappa shape index (κ2) is 8.58. The summed E-state index contributed by atoms with van der Waals surface area (Å²) in [5, 5.41) is 6.62. The van der Waals surface area contributed by atoms with Crippen LogP contribution in [0.3, 0.4) is 0 Å². The fourth-order valence-corrected chi connectivity index (χ4v) is 3.65. The summed E-state index contributed by atoms with van der Waals surface area (Å²) in [6, 6.07) is 0.00616. The van der Waals surface area contributed by atoms with Gasteiger partial charge in [-0.15, -0.1) is 0 Å². The van der Waals surface area contributed by atoms with Gasteiger partial charge < -0.3 is 10.6 Å². The Hall–Kier alpha value is -1.02. The molecule has 0 radical (unpaired) electrons. The van der Waals surface area contributed by atoms with Gasteiger partial charge in [0.1, 0.15) is 0 Å². The van der Waals surface area contributed by atoms with Crippen molar-refractivity contribution >= 4 is 5.96 Å². The third-order valence-corrected chi connectivity index (χ3v) is 5.14. The Morgan fingerprint density at radius 3 is 2.40 bits per heavy atom. The minimum atomic E-state index is -4.13. The number of guanidine groups is 1. The van der Waals surface area contributed by atoms with Gasteiger partial charge in [0.15, 0.2) is 5.96 Å². The number of rotatable bonds is 5. The predicted molar refractivity (Wildman–Crippen MR) is 94.9 cm³/mol. The fourth-order valence-electron chi connectivity index (χ4n) is 3.65. The molecule has 0 aromatic heterocycles. The van der Waals surface area contributed by atoms with E-state index in [1.807, 2.05) is 0 Å². The van der Waals surface area contributed by atoms with Crippen molar-refractivity contribution in [1.29, 1.82) is 0 Å². The molecule has 5 nitrogen and oxygen atoms in total. The third kappa shape index (κ3) is 6.66. The Kier molecular flexibility index (Phi) is 6.96. The molecule has 0 amide bonds. The molecular weight excluding hydrogens is 331 g/mol. The molecule has 0 aromatic rings. The molecule has 0 aromatic carbocycles. The Morgan fingerprint density at radius 1 is 1.12 bits per heavy atom. The van der Waals surface area contributed by atoms with E-state index in [-0.39, 0.29) is 11.6 Å². The van der Waals surface area contributed by atoms with Gasteiger partial charge in [-0.25, -0.2) is 0 Å². The van der Waals surface area contributed by atoms with Gasteiger partial charge in [-0.05, 0) is 46.2 Å². The molecule has 1 atom stereocenters. The molecule has 0 saturated carbocycles. The molecular formula is C17H32F3N5. The quantitative estimate of drug-likeness (QED) is 0.580. The molecule has 25 heavy (non-hydrogen) atoms. The lowest BCUT2D eigenvalue weighted by atomic mass is 9.98. The maximum atomic E-state index is 12.5. The van der Waals surface area contributed by atoms with Crippen molar-refractivity contribution in [3.63, 3.8) is 0 Å². The van der Waals surface area contributed by atoms with Crippen molar-refractivity contribution in [3.05, 3.63) is 0 Å². The summed E-state index contributed by atoms with van der Waals surface area (Å²) in [6.45, 7) is 7.47. The minimum absolute atomic E-state index is 0.00616. The molecule has 2 N–H and O–H groups in total. The summed E-state index contributed by atoms with van der Waals surface area (Å²) < 4.78 is 37.5. The number of nitrogens with one attached hydrogen (secondary N) is 2. The van der Waals surface area contributed by atoms with Crippen LogP contribution in [0.1, 0.15) is 39.5 Å². The smallest absolute Gasteiger partial charge is 0.355 e. The highest BCUT2D eigenvalue weighted by atomic mass is 19.4. The van der Waals surface area contributed by atoms with Crippen molar-refractivity contribution in [2.75, 3.05) is 46.3 Å². The molecule has 0 spiro atoms. The summed E-state index contributed by atoms with van der Waals surface area (Å²) in [5.74, 6) is 0.670. The van der Waals surface area contributed by atoms with Gasteiger partial charge in [-0.3, -0.25) is 14.8 Å². The van der Waals surface area contributed by atoms with Crippen LogP contribution in [-0.2, 0) is 0 Å². The predicted octanol–water partition coefficient (Wildman–Crippen LogP) is 2.05. The number of hydrogen-bond acceptors (Lipinski definition) is 3. The summed E-state index contributed by atoms with van der Waals surface area (Å²) in [4.78, 5) is 8.18. The first-order chi connectivity index (χ1) is 11.7. The maximum Gasteiger partial charge on any atom is 0.401 e. The Morgan fingerprint density at radius 2 is 1.80 bits per heavy atom. The maximum absolute atomic E-state index is 12.5. The largest absolute Gasteiger partial charge is 0.401 e. The zero-order chi connectivity index (χ0) is 18.5.